The van der Waals surface area contributed by atoms with Crippen LogP contribution in [0.25, 0.3) is 0 Å². The molecule has 0 bridgehead atoms. The Bertz CT molecular complexity index is 780. The Hall–Kier alpha value is -2.06. The van der Waals surface area contributed by atoms with E-state index in [2.05, 4.69) is 20.8 Å². The van der Waals surface area contributed by atoms with Crippen LogP contribution in [0.15, 0.2) is 4.52 Å². The third-order valence-electron chi connectivity index (χ3n) is 5.53. The summed E-state index contributed by atoms with van der Waals surface area (Å²) in [5, 5.41) is 10.9. The molecule has 2 N–H and O–H groups in total. The molecule has 2 aromatic rings. The molecule has 0 unspecified atom stereocenters. The number of ether oxygens (including phenoxy) is 1. The second-order valence-electron chi connectivity index (χ2n) is 7.34. The average molecular weight is 356 g/mol. The van der Waals surface area contributed by atoms with Crippen LogP contribution in [0.4, 0.5) is 5.82 Å². The lowest BCUT2D eigenvalue weighted by Gasteiger charge is -2.13. The van der Waals surface area contributed by atoms with Crippen molar-refractivity contribution < 1.29 is 9.26 Å². The van der Waals surface area contributed by atoms with E-state index in [1.54, 1.807) is 0 Å². The Kier molecular flexibility index (Phi) is 4.30. The number of hydrogen-bond donors (Lipinski definition) is 2. The number of nitrogens with zero attached hydrogens (tertiary/aromatic N) is 4. The van der Waals surface area contributed by atoms with Gasteiger partial charge in [0.25, 0.3) is 5.89 Å². The quantitative estimate of drug-likeness (QED) is 0.843. The lowest BCUT2D eigenvalue weighted by molar-refractivity contribution is 0.0835. The predicted octanol–water partition coefficient (Wildman–Crippen LogP) is 2.58. The summed E-state index contributed by atoms with van der Waals surface area (Å²) < 4.78 is 11.0. The van der Waals surface area contributed by atoms with Gasteiger partial charge in [-0.1, -0.05) is 18.0 Å². The molecular formula is C18H24N6O2. The zero-order valence-electron chi connectivity index (χ0n) is 14.8. The van der Waals surface area contributed by atoms with Gasteiger partial charge in [-0.3, -0.25) is 0 Å². The number of rotatable bonds is 5. The van der Waals surface area contributed by atoms with E-state index in [0.29, 0.717) is 24.2 Å². The van der Waals surface area contributed by atoms with Crippen LogP contribution in [0.1, 0.15) is 79.3 Å². The molecule has 0 radical (unpaired) electrons. The minimum atomic E-state index is -0.0438. The Morgan fingerprint density at radius 2 is 1.96 bits per heavy atom. The van der Waals surface area contributed by atoms with Crippen molar-refractivity contribution in [1.82, 2.24) is 25.4 Å². The van der Waals surface area contributed by atoms with E-state index in [4.69, 9.17) is 19.2 Å². The van der Waals surface area contributed by atoms with Crippen molar-refractivity contribution in [2.45, 2.75) is 70.2 Å². The molecule has 1 saturated carbocycles. The van der Waals surface area contributed by atoms with E-state index < -0.39 is 0 Å². The molecule has 3 aliphatic rings. The average Bonchev–Trinajstić information content (AvgIpc) is 3.47. The van der Waals surface area contributed by atoms with E-state index in [0.717, 1.165) is 55.4 Å². The third kappa shape index (κ3) is 3.07. The maximum Gasteiger partial charge on any atom is 0.255 e. The molecule has 0 amide bonds. The first-order valence-electron chi connectivity index (χ1n) is 9.65. The van der Waals surface area contributed by atoms with Crippen molar-refractivity contribution in [1.29, 1.82) is 0 Å². The second kappa shape index (κ2) is 6.92. The Morgan fingerprint density at radius 3 is 2.81 bits per heavy atom. The van der Waals surface area contributed by atoms with E-state index in [9.17, 15) is 0 Å². The summed E-state index contributed by atoms with van der Waals surface area (Å²) in [6, 6.07) is 0. The molecule has 1 atom stereocenters. The SMILES string of the molecule is C1CCC(c2nc3c(c(NCc4noc([C@H]5CCCO5)n4)n2)CNC3)C1. The van der Waals surface area contributed by atoms with E-state index in [1.165, 1.54) is 25.7 Å². The van der Waals surface area contributed by atoms with Crippen molar-refractivity contribution >= 4 is 5.82 Å². The van der Waals surface area contributed by atoms with Gasteiger partial charge in [0.1, 0.15) is 17.7 Å². The number of anilines is 1. The van der Waals surface area contributed by atoms with Crippen LogP contribution in [0.3, 0.4) is 0 Å². The van der Waals surface area contributed by atoms with Crippen LogP contribution < -0.4 is 10.6 Å². The van der Waals surface area contributed by atoms with Gasteiger partial charge in [0.2, 0.25) is 0 Å². The van der Waals surface area contributed by atoms with Crippen LogP contribution in [-0.2, 0) is 24.4 Å². The molecule has 138 valence electrons. The molecule has 5 rings (SSSR count). The fourth-order valence-corrected chi connectivity index (χ4v) is 4.11. The minimum Gasteiger partial charge on any atom is -0.368 e. The fraction of sp³-hybridized carbons (Fsp3) is 0.667. The molecule has 0 aromatic carbocycles. The van der Waals surface area contributed by atoms with Gasteiger partial charge >= 0.3 is 0 Å². The Morgan fingerprint density at radius 1 is 1.04 bits per heavy atom. The number of nitrogens with one attached hydrogen (secondary N) is 2. The standard InChI is InChI=1S/C18H24N6O2/c1-2-5-11(4-1)16-21-13-9-19-8-12(13)17(23-16)20-10-15-22-18(26-24-15)14-6-3-7-25-14/h11,14,19H,1-10H2,(H,20,21,23)/t14-/m1/s1. The molecule has 1 aliphatic carbocycles. The van der Waals surface area contributed by atoms with E-state index >= 15 is 0 Å². The van der Waals surface area contributed by atoms with E-state index in [-0.39, 0.29) is 6.10 Å². The molecule has 2 aliphatic heterocycles. The summed E-state index contributed by atoms with van der Waals surface area (Å²) >= 11 is 0. The molecule has 0 spiro atoms. The Balaban J connectivity index is 1.33. The maximum atomic E-state index is 5.60. The molecule has 26 heavy (non-hydrogen) atoms. The summed E-state index contributed by atoms with van der Waals surface area (Å²) in [6.45, 7) is 2.88. The monoisotopic (exact) mass is 356 g/mol. The van der Waals surface area contributed by atoms with E-state index in [1.807, 2.05) is 0 Å². The highest BCUT2D eigenvalue weighted by Crippen LogP contribution is 2.34. The molecule has 8 nitrogen and oxygen atoms in total. The van der Waals surface area contributed by atoms with Crippen molar-refractivity contribution in [2.24, 2.45) is 0 Å². The van der Waals surface area contributed by atoms with Gasteiger partial charge in [0.15, 0.2) is 5.82 Å². The number of fused-ring (bicyclic) bond motifs is 1. The summed E-state index contributed by atoms with van der Waals surface area (Å²) in [6.07, 6.45) is 6.90. The Labute approximate surface area is 152 Å². The topological polar surface area (TPSA) is 98.0 Å². The highest BCUT2D eigenvalue weighted by molar-refractivity contribution is 5.48. The van der Waals surface area contributed by atoms with Crippen LogP contribution in [0, 0.1) is 0 Å². The molecule has 8 heteroatoms. The summed E-state index contributed by atoms with van der Waals surface area (Å²) in [5.74, 6) is 3.61. The smallest absolute Gasteiger partial charge is 0.255 e. The first kappa shape index (κ1) is 16.1. The van der Waals surface area contributed by atoms with Gasteiger partial charge in [-0.2, -0.15) is 4.98 Å². The molecule has 2 aromatic heterocycles. The summed E-state index contributed by atoms with van der Waals surface area (Å²) in [7, 11) is 0. The van der Waals surface area contributed by atoms with Crippen LogP contribution >= 0.6 is 0 Å². The molecule has 1 saturated heterocycles. The summed E-state index contributed by atoms with van der Waals surface area (Å²) in [4.78, 5) is 14.2. The van der Waals surface area contributed by atoms with Gasteiger partial charge in [-0.05, 0) is 25.7 Å². The molecule has 2 fully saturated rings. The highest BCUT2D eigenvalue weighted by atomic mass is 16.5. The van der Waals surface area contributed by atoms with Gasteiger partial charge < -0.3 is 19.9 Å². The minimum absolute atomic E-state index is 0.0438. The number of aromatic nitrogens is 4. The fourth-order valence-electron chi connectivity index (χ4n) is 4.11. The normalized spacial score (nSPS) is 22.8. The van der Waals surface area contributed by atoms with Crippen molar-refractivity contribution in [2.75, 3.05) is 11.9 Å². The number of hydrogen-bond acceptors (Lipinski definition) is 8. The highest BCUT2D eigenvalue weighted by Gasteiger charge is 2.26. The van der Waals surface area contributed by atoms with Crippen molar-refractivity contribution in [3.63, 3.8) is 0 Å². The molecular weight excluding hydrogens is 332 g/mol. The molecule has 4 heterocycles. The van der Waals surface area contributed by atoms with Crippen molar-refractivity contribution in [3.05, 3.63) is 28.8 Å². The van der Waals surface area contributed by atoms with Gasteiger partial charge in [0, 0.05) is 31.2 Å². The van der Waals surface area contributed by atoms with Gasteiger partial charge in [-0.15, -0.1) is 0 Å². The van der Waals surface area contributed by atoms with Crippen molar-refractivity contribution in [3.8, 4) is 0 Å². The summed E-state index contributed by atoms with van der Waals surface area (Å²) in [5.41, 5.74) is 2.28. The lowest BCUT2D eigenvalue weighted by Crippen LogP contribution is -2.11. The maximum absolute atomic E-state index is 5.60. The lowest BCUT2D eigenvalue weighted by atomic mass is 10.1. The third-order valence-corrected chi connectivity index (χ3v) is 5.53. The van der Waals surface area contributed by atoms with Crippen LogP contribution in [0.2, 0.25) is 0 Å². The van der Waals surface area contributed by atoms with Gasteiger partial charge in [0.05, 0.1) is 12.2 Å². The first-order chi connectivity index (χ1) is 12.9. The van der Waals surface area contributed by atoms with Crippen LogP contribution in [0.5, 0.6) is 0 Å². The largest absolute Gasteiger partial charge is 0.368 e. The first-order valence-corrected chi connectivity index (χ1v) is 9.65. The predicted molar refractivity (Wildman–Crippen MR) is 93.3 cm³/mol. The second-order valence-corrected chi connectivity index (χ2v) is 7.34. The van der Waals surface area contributed by atoms with Gasteiger partial charge in [-0.25, -0.2) is 9.97 Å². The zero-order valence-corrected chi connectivity index (χ0v) is 14.8. The van der Waals surface area contributed by atoms with Crippen LogP contribution in [-0.4, -0.2) is 26.7 Å². The zero-order chi connectivity index (χ0) is 17.3.